The van der Waals surface area contributed by atoms with Crippen molar-refractivity contribution in [2.75, 3.05) is 13.2 Å². The van der Waals surface area contributed by atoms with Gasteiger partial charge in [-0.25, -0.2) is 0 Å². The van der Waals surface area contributed by atoms with Gasteiger partial charge in [-0.15, -0.1) is 0 Å². The summed E-state index contributed by atoms with van der Waals surface area (Å²) in [6, 6.07) is 0. The van der Waals surface area contributed by atoms with Crippen LogP contribution >= 0.6 is 15.9 Å². The molecule has 0 unspecified atom stereocenters. The van der Waals surface area contributed by atoms with Crippen molar-refractivity contribution >= 4 is 21.8 Å². The quantitative estimate of drug-likeness (QED) is 0.743. The fourth-order valence-corrected chi connectivity index (χ4v) is 1.86. The summed E-state index contributed by atoms with van der Waals surface area (Å²) < 4.78 is 8.20. The van der Waals surface area contributed by atoms with Gasteiger partial charge in [0.25, 0.3) is 0 Å². The molecule has 0 aromatic carbocycles. The van der Waals surface area contributed by atoms with Crippen LogP contribution in [0.4, 0.5) is 0 Å². The summed E-state index contributed by atoms with van der Waals surface area (Å²) in [4.78, 5) is 11.6. The first kappa shape index (κ1) is 16.2. The highest BCUT2D eigenvalue weighted by molar-refractivity contribution is 9.10. The van der Waals surface area contributed by atoms with E-state index in [0.29, 0.717) is 26.1 Å². The molecule has 0 fully saturated rings. The van der Waals surface area contributed by atoms with Crippen molar-refractivity contribution in [3.05, 3.63) is 16.4 Å². The number of halogens is 1. The van der Waals surface area contributed by atoms with E-state index in [0.717, 1.165) is 16.6 Å². The monoisotopic (exact) mass is 331 g/mol. The van der Waals surface area contributed by atoms with Crippen LogP contribution in [0, 0.1) is 6.92 Å². The van der Waals surface area contributed by atoms with Gasteiger partial charge in [0.1, 0.15) is 0 Å². The standard InChI is InChI=1S/C13H22BrN3O2/c1-10(2)19-8-4-6-15-13(18)5-7-17-11(3)12(14)9-16-17/h9-10H,4-8H2,1-3H3,(H,15,18). The number of carbonyl (C=O) groups is 1. The highest BCUT2D eigenvalue weighted by atomic mass is 79.9. The van der Waals surface area contributed by atoms with Gasteiger partial charge < -0.3 is 10.1 Å². The number of rotatable bonds is 8. The van der Waals surface area contributed by atoms with E-state index in [1.54, 1.807) is 6.20 Å². The molecule has 0 atom stereocenters. The lowest BCUT2D eigenvalue weighted by Crippen LogP contribution is -2.26. The zero-order chi connectivity index (χ0) is 14.3. The summed E-state index contributed by atoms with van der Waals surface area (Å²) in [5.41, 5.74) is 1.04. The van der Waals surface area contributed by atoms with Gasteiger partial charge in [-0.2, -0.15) is 5.10 Å². The van der Waals surface area contributed by atoms with E-state index in [1.165, 1.54) is 0 Å². The fourth-order valence-electron chi connectivity index (χ4n) is 1.56. The Bertz CT molecular complexity index is 405. The minimum absolute atomic E-state index is 0.0515. The minimum atomic E-state index is 0.0515. The smallest absolute Gasteiger partial charge is 0.221 e. The zero-order valence-electron chi connectivity index (χ0n) is 11.8. The molecule has 0 aliphatic carbocycles. The summed E-state index contributed by atoms with van der Waals surface area (Å²) in [7, 11) is 0. The van der Waals surface area contributed by atoms with Crippen molar-refractivity contribution in [2.45, 2.75) is 46.3 Å². The summed E-state index contributed by atoms with van der Waals surface area (Å²) in [5, 5.41) is 7.07. The van der Waals surface area contributed by atoms with E-state index >= 15 is 0 Å². The molecular weight excluding hydrogens is 310 g/mol. The molecule has 0 radical (unpaired) electrons. The Hall–Kier alpha value is -0.880. The molecule has 0 aliphatic rings. The van der Waals surface area contributed by atoms with E-state index < -0.39 is 0 Å². The van der Waals surface area contributed by atoms with Crippen LogP contribution in [0.5, 0.6) is 0 Å². The van der Waals surface area contributed by atoms with Gasteiger partial charge in [0.05, 0.1) is 16.8 Å². The number of nitrogens with one attached hydrogen (secondary N) is 1. The summed E-state index contributed by atoms with van der Waals surface area (Å²) in [6.45, 7) is 7.92. The molecule has 108 valence electrons. The first-order valence-electron chi connectivity index (χ1n) is 6.57. The number of hydrogen-bond donors (Lipinski definition) is 1. The Morgan fingerprint density at radius 2 is 2.32 bits per heavy atom. The van der Waals surface area contributed by atoms with Crippen molar-refractivity contribution < 1.29 is 9.53 Å². The van der Waals surface area contributed by atoms with Crippen molar-refractivity contribution in [3.63, 3.8) is 0 Å². The maximum atomic E-state index is 11.6. The lowest BCUT2D eigenvalue weighted by Gasteiger charge is -2.08. The molecule has 1 aromatic rings. The number of ether oxygens (including phenoxy) is 1. The van der Waals surface area contributed by atoms with E-state index in [-0.39, 0.29) is 12.0 Å². The highest BCUT2D eigenvalue weighted by Crippen LogP contribution is 2.14. The molecule has 1 heterocycles. The molecule has 0 saturated heterocycles. The van der Waals surface area contributed by atoms with Gasteiger partial charge >= 0.3 is 0 Å². The second-order valence-corrected chi connectivity index (χ2v) is 5.53. The average Bonchev–Trinajstić information content (AvgIpc) is 2.67. The highest BCUT2D eigenvalue weighted by Gasteiger charge is 2.06. The normalized spacial score (nSPS) is 11.0. The third-order valence-electron chi connectivity index (χ3n) is 2.69. The van der Waals surface area contributed by atoms with Crippen molar-refractivity contribution in [2.24, 2.45) is 0 Å². The Labute approximate surface area is 122 Å². The van der Waals surface area contributed by atoms with E-state index in [4.69, 9.17) is 4.74 Å². The summed E-state index contributed by atoms with van der Waals surface area (Å²) in [6.07, 6.45) is 3.28. The number of aryl methyl sites for hydroxylation is 1. The molecule has 1 aromatic heterocycles. The van der Waals surface area contributed by atoms with Crippen LogP contribution < -0.4 is 5.32 Å². The maximum absolute atomic E-state index is 11.6. The van der Waals surface area contributed by atoms with E-state index in [2.05, 4.69) is 26.3 Å². The molecule has 0 saturated carbocycles. The molecular formula is C13H22BrN3O2. The molecule has 1 N–H and O–H groups in total. The molecule has 0 bridgehead atoms. The van der Waals surface area contributed by atoms with Gasteiger partial charge in [0, 0.05) is 31.8 Å². The Morgan fingerprint density at radius 1 is 1.58 bits per heavy atom. The van der Waals surface area contributed by atoms with Crippen LogP contribution in [-0.2, 0) is 16.1 Å². The first-order valence-corrected chi connectivity index (χ1v) is 7.36. The van der Waals surface area contributed by atoms with Crippen LogP contribution in [0.25, 0.3) is 0 Å². The zero-order valence-corrected chi connectivity index (χ0v) is 13.4. The second-order valence-electron chi connectivity index (χ2n) is 4.67. The van der Waals surface area contributed by atoms with E-state index in [9.17, 15) is 4.79 Å². The predicted octanol–water partition coefficient (Wildman–Crippen LogP) is 2.28. The van der Waals surface area contributed by atoms with Crippen molar-refractivity contribution in [1.82, 2.24) is 15.1 Å². The van der Waals surface area contributed by atoms with Crippen molar-refractivity contribution in [3.8, 4) is 0 Å². The Morgan fingerprint density at radius 3 is 2.89 bits per heavy atom. The van der Waals surface area contributed by atoms with Gasteiger partial charge in [-0.3, -0.25) is 9.48 Å². The van der Waals surface area contributed by atoms with E-state index in [1.807, 2.05) is 25.5 Å². The SMILES string of the molecule is Cc1c(Br)cnn1CCC(=O)NCCCOC(C)C. The Kier molecular flexibility index (Phi) is 7.09. The topological polar surface area (TPSA) is 56.2 Å². The summed E-state index contributed by atoms with van der Waals surface area (Å²) in [5.74, 6) is 0.0515. The number of carbonyl (C=O) groups excluding carboxylic acids is 1. The van der Waals surface area contributed by atoms with Gasteiger partial charge in [-0.1, -0.05) is 0 Å². The molecule has 0 aliphatic heterocycles. The van der Waals surface area contributed by atoms with Gasteiger partial charge in [0.2, 0.25) is 5.91 Å². The molecule has 1 rings (SSSR count). The Balaban J connectivity index is 2.13. The molecule has 0 spiro atoms. The molecule has 5 nitrogen and oxygen atoms in total. The molecule has 6 heteroatoms. The molecule has 1 amide bonds. The van der Waals surface area contributed by atoms with Crippen LogP contribution in [0.3, 0.4) is 0 Å². The molecule has 19 heavy (non-hydrogen) atoms. The lowest BCUT2D eigenvalue weighted by atomic mass is 10.3. The first-order chi connectivity index (χ1) is 9.00. The van der Waals surface area contributed by atoms with Gasteiger partial charge in [-0.05, 0) is 43.1 Å². The van der Waals surface area contributed by atoms with Crippen molar-refractivity contribution in [1.29, 1.82) is 0 Å². The van der Waals surface area contributed by atoms with Gasteiger partial charge in [0.15, 0.2) is 0 Å². The lowest BCUT2D eigenvalue weighted by molar-refractivity contribution is -0.121. The maximum Gasteiger partial charge on any atom is 0.221 e. The van der Waals surface area contributed by atoms with Crippen LogP contribution in [0.15, 0.2) is 10.7 Å². The van der Waals surface area contributed by atoms with Crippen LogP contribution in [-0.4, -0.2) is 34.9 Å². The largest absolute Gasteiger partial charge is 0.379 e. The number of nitrogens with zero attached hydrogens (tertiary/aromatic N) is 2. The third-order valence-corrected chi connectivity index (χ3v) is 3.47. The summed E-state index contributed by atoms with van der Waals surface area (Å²) >= 11 is 3.40. The van der Waals surface area contributed by atoms with Crippen LogP contribution in [0.1, 0.15) is 32.4 Å². The average molecular weight is 332 g/mol. The minimum Gasteiger partial charge on any atom is -0.379 e. The predicted molar refractivity (Wildman–Crippen MR) is 78.0 cm³/mol. The fraction of sp³-hybridized carbons (Fsp3) is 0.692. The number of hydrogen-bond acceptors (Lipinski definition) is 3. The number of aromatic nitrogens is 2. The third kappa shape index (κ3) is 6.20. The van der Waals surface area contributed by atoms with Crippen LogP contribution in [0.2, 0.25) is 0 Å². The number of amides is 1. The second kappa shape index (κ2) is 8.32.